The third-order valence-electron chi connectivity index (χ3n) is 4.23. The number of ether oxygens (including phenoxy) is 2. The van der Waals surface area contributed by atoms with E-state index in [4.69, 9.17) is 21.1 Å². The summed E-state index contributed by atoms with van der Waals surface area (Å²) in [4.78, 5) is 12.9. The van der Waals surface area contributed by atoms with Crippen LogP contribution in [0.1, 0.15) is 27.5 Å². The van der Waals surface area contributed by atoms with Gasteiger partial charge < -0.3 is 14.8 Å². The van der Waals surface area contributed by atoms with E-state index in [0.29, 0.717) is 22.1 Å². The number of fused-ring (bicyclic) bond motifs is 1. The Morgan fingerprint density at radius 3 is 2.15 bits per heavy atom. The summed E-state index contributed by atoms with van der Waals surface area (Å²) in [6, 6.07) is 22.6. The molecule has 0 bridgehead atoms. The lowest BCUT2D eigenvalue weighted by atomic mass is 9.98. The number of hydrogen-bond acceptors (Lipinski definition) is 3. The number of carbonyl (C=O) groups excluding carboxylic acids is 1. The number of nitrogens with one attached hydrogen (secondary N) is 1. The van der Waals surface area contributed by atoms with Crippen LogP contribution in [0.2, 0.25) is 5.02 Å². The molecule has 0 fully saturated rings. The summed E-state index contributed by atoms with van der Waals surface area (Å²) in [6.45, 7) is 0.108. The molecule has 5 heteroatoms. The smallest absolute Gasteiger partial charge is 0.252 e. The zero-order valence-electron chi connectivity index (χ0n) is 13.8. The van der Waals surface area contributed by atoms with Crippen LogP contribution in [0, 0.1) is 0 Å². The van der Waals surface area contributed by atoms with Crippen LogP contribution < -0.4 is 14.8 Å². The molecule has 0 saturated heterocycles. The number of benzene rings is 3. The largest absolute Gasteiger partial charge is 0.454 e. The summed E-state index contributed by atoms with van der Waals surface area (Å²) in [5.41, 5.74) is 2.42. The molecule has 1 heterocycles. The molecule has 0 spiro atoms. The topological polar surface area (TPSA) is 47.6 Å². The molecule has 130 valence electrons. The molecule has 1 aliphatic heterocycles. The van der Waals surface area contributed by atoms with E-state index in [0.717, 1.165) is 11.1 Å². The summed E-state index contributed by atoms with van der Waals surface area (Å²) in [5, 5.41) is 3.45. The van der Waals surface area contributed by atoms with E-state index in [1.807, 2.05) is 60.7 Å². The average molecular weight is 366 g/mol. The van der Waals surface area contributed by atoms with E-state index in [1.54, 1.807) is 12.1 Å². The van der Waals surface area contributed by atoms with Crippen LogP contribution in [0.25, 0.3) is 0 Å². The van der Waals surface area contributed by atoms with Crippen molar-refractivity contribution in [1.82, 2.24) is 5.32 Å². The van der Waals surface area contributed by atoms with Crippen LogP contribution in [0.5, 0.6) is 11.5 Å². The Bertz CT molecular complexity index is 889. The third kappa shape index (κ3) is 3.24. The Morgan fingerprint density at radius 1 is 0.923 bits per heavy atom. The highest BCUT2D eigenvalue weighted by Crippen LogP contribution is 2.40. The maximum Gasteiger partial charge on any atom is 0.252 e. The monoisotopic (exact) mass is 365 g/mol. The Labute approximate surface area is 156 Å². The Hall–Kier alpha value is -2.98. The number of amides is 1. The van der Waals surface area contributed by atoms with E-state index >= 15 is 0 Å². The maximum absolute atomic E-state index is 12.9. The van der Waals surface area contributed by atoms with Gasteiger partial charge in [0, 0.05) is 5.56 Å². The second-order valence-corrected chi connectivity index (χ2v) is 6.33. The molecule has 0 aliphatic carbocycles. The van der Waals surface area contributed by atoms with Gasteiger partial charge in [-0.1, -0.05) is 72.3 Å². The highest BCUT2D eigenvalue weighted by Gasteiger charge is 2.23. The highest BCUT2D eigenvalue weighted by atomic mass is 35.5. The first-order chi connectivity index (χ1) is 12.7. The van der Waals surface area contributed by atoms with Crippen LogP contribution >= 0.6 is 11.6 Å². The lowest BCUT2D eigenvalue weighted by Crippen LogP contribution is -2.29. The Balaban J connectivity index is 1.66. The first-order valence-corrected chi connectivity index (χ1v) is 8.60. The molecule has 0 saturated carbocycles. The number of hydrogen-bond donors (Lipinski definition) is 1. The van der Waals surface area contributed by atoms with Gasteiger partial charge in [-0.2, -0.15) is 0 Å². The van der Waals surface area contributed by atoms with Crippen molar-refractivity contribution in [2.45, 2.75) is 6.04 Å². The minimum Gasteiger partial charge on any atom is -0.454 e. The predicted molar refractivity (Wildman–Crippen MR) is 99.8 cm³/mol. The van der Waals surface area contributed by atoms with Gasteiger partial charge in [-0.05, 0) is 23.3 Å². The number of halogens is 1. The van der Waals surface area contributed by atoms with Gasteiger partial charge in [-0.25, -0.2) is 0 Å². The van der Waals surface area contributed by atoms with Crippen molar-refractivity contribution in [3.63, 3.8) is 0 Å². The fourth-order valence-electron chi connectivity index (χ4n) is 2.96. The van der Waals surface area contributed by atoms with E-state index in [9.17, 15) is 4.79 Å². The van der Waals surface area contributed by atoms with Crippen LogP contribution in [-0.2, 0) is 0 Å². The Morgan fingerprint density at radius 2 is 1.54 bits per heavy atom. The molecule has 0 aromatic heterocycles. The second kappa shape index (κ2) is 7.10. The molecule has 1 aliphatic rings. The fourth-order valence-corrected chi connectivity index (χ4v) is 3.23. The number of carbonyl (C=O) groups is 1. The second-order valence-electron chi connectivity index (χ2n) is 5.92. The lowest BCUT2D eigenvalue weighted by molar-refractivity contribution is 0.0942. The molecule has 0 unspecified atom stereocenters. The summed E-state index contributed by atoms with van der Waals surface area (Å²) < 4.78 is 10.7. The summed E-state index contributed by atoms with van der Waals surface area (Å²) >= 11 is 6.20. The van der Waals surface area contributed by atoms with Crippen molar-refractivity contribution in [3.8, 4) is 11.5 Å². The lowest BCUT2D eigenvalue weighted by Gasteiger charge is -2.20. The van der Waals surface area contributed by atoms with E-state index < -0.39 is 0 Å². The van der Waals surface area contributed by atoms with Gasteiger partial charge in [0.05, 0.1) is 11.1 Å². The van der Waals surface area contributed by atoms with Crippen LogP contribution in [-0.4, -0.2) is 12.7 Å². The Kier molecular flexibility index (Phi) is 4.50. The normalized spacial score (nSPS) is 12.2. The quantitative estimate of drug-likeness (QED) is 0.735. The molecule has 4 nitrogen and oxygen atoms in total. The molecule has 0 atom stereocenters. The molecular weight excluding hydrogens is 350 g/mol. The summed E-state index contributed by atoms with van der Waals surface area (Å²) in [6.07, 6.45) is 0. The maximum atomic E-state index is 12.9. The zero-order valence-corrected chi connectivity index (χ0v) is 14.6. The van der Waals surface area contributed by atoms with E-state index in [1.165, 1.54) is 0 Å². The van der Waals surface area contributed by atoms with Gasteiger partial charge in [-0.3, -0.25) is 4.79 Å². The van der Waals surface area contributed by atoms with Crippen molar-refractivity contribution < 1.29 is 14.3 Å². The third-order valence-corrected chi connectivity index (χ3v) is 4.51. The molecule has 1 amide bonds. The van der Waals surface area contributed by atoms with Gasteiger partial charge in [0.2, 0.25) is 6.79 Å². The first-order valence-electron chi connectivity index (χ1n) is 8.22. The van der Waals surface area contributed by atoms with Crippen LogP contribution in [0.3, 0.4) is 0 Å². The fraction of sp³-hybridized carbons (Fsp3) is 0.0952. The first kappa shape index (κ1) is 16.5. The average Bonchev–Trinajstić information content (AvgIpc) is 3.16. The van der Waals surface area contributed by atoms with Gasteiger partial charge in [0.25, 0.3) is 5.91 Å². The van der Waals surface area contributed by atoms with E-state index in [2.05, 4.69) is 5.32 Å². The summed E-state index contributed by atoms with van der Waals surface area (Å²) in [5.74, 6) is 0.729. The molecule has 1 N–H and O–H groups in total. The standard InChI is InChI=1S/C21H16ClNO3/c22-17-11-16(12-18-20(17)26-13-25-18)21(24)23-19(14-7-3-1-4-8-14)15-9-5-2-6-10-15/h1-12,19H,13H2,(H,23,24). The predicted octanol–water partition coefficient (Wildman–Crippen LogP) is 4.59. The molecule has 0 radical (unpaired) electrons. The van der Waals surface area contributed by atoms with Crippen molar-refractivity contribution in [3.05, 3.63) is 94.5 Å². The SMILES string of the molecule is O=C(NC(c1ccccc1)c1ccccc1)c1cc(Cl)c2c(c1)OCO2. The minimum atomic E-state index is -0.269. The molecule has 3 aromatic carbocycles. The highest BCUT2D eigenvalue weighted by molar-refractivity contribution is 6.32. The molecule has 26 heavy (non-hydrogen) atoms. The minimum absolute atomic E-state index is 0.108. The van der Waals surface area contributed by atoms with E-state index in [-0.39, 0.29) is 18.7 Å². The van der Waals surface area contributed by atoms with Crippen molar-refractivity contribution in [2.75, 3.05) is 6.79 Å². The van der Waals surface area contributed by atoms with Gasteiger partial charge in [-0.15, -0.1) is 0 Å². The summed E-state index contributed by atoms with van der Waals surface area (Å²) in [7, 11) is 0. The van der Waals surface area contributed by atoms with Crippen LogP contribution in [0.15, 0.2) is 72.8 Å². The molecule has 3 aromatic rings. The van der Waals surface area contributed by atoms with Gasteiger partial charge >= 0.3 is 0 Å². The van der Waals surface area contributed by atoms with Gasteiger partial charge in [0.1, 0.15) is 0 Å². The van der Waals surface area contributed by atoms with Crippen molar-refractivity contribution in [2.24, 2.45) is 0 Å². The number of rotatable bonds is 4. The van der Waals surface area contributed by atoms with Gasteiger partial charge in [0.15, 0.2) is 11.5 Å². The van der Waals surface area contributed by atoms with Crippen molar-refractivity contribution in [1.29, 1.82) is 0 Å². The van der Waals surface area contributed by atoms with Crippen LogP contribution in [0.4, 0.5) is 0 Å². The van der Waals surface area contributed by atoms with Crippen molar-refractivity contribution >= 4 is 17.5 Å². The molecular formula is C21H16ClNO3. The zero-order chi connectivity index (χ0) is 17.9. The molecule has 4 rings (SSSR count).